The minimum atomic E-state index is -4.57. The number of rotatable bonds is 1. The number of aromatic nitrogens is 1. The van der Waals surface area contributed by atoms with Crippen LogP contribution in [0.15, 0.2) is 12.4 Å². The Labute approximate surface area is 87.8 Å². The van der Waals surface area contributed by atoms with Crippen molar-refractivity contribution in [1.29, 1.82) is 0 Å². The Balaban J connectivity index is 3.19. The fraction of sp³-hybridized carbons (Fsp3) is 0.286. The van der Waals surface area contributed by atoms with Crippen LogP contribution in [-0.2, 0) is 0 Å². The average molecular weight is 245 g/mol. The molecule has 0 aromatic carbocycles. The summed E-state index contributed by atoms with van der Waals surface area (Å²) in [4.78, 5) is 3.52. The molecule has 1 aromatic heterocycles. The van der Waals surface area contributed by atoms with Gasteiger partial charge in [0.2, 0.25) is 0 Å². The highest BCUT2D eigenvalue weighted by Gasteiger charge is 2.40. The molecule has 1 aromatic rings. The smallest absolute Gasteiger partial charge is 0.316 e. The molecular formula is C7H5Cl2F3N2. The van der Waals surface area contributed by atoms with Gasteiger partial charge >= 0.3 is 6.18 Å². The minimum Gasteiger partial charge on any atom is -0.316 e. The first-order chi connectivity index (χ1) is 6.34. The standard InChI is InChI=1S/C7H5Cl2F3N2/c8-3-1-14-2-4(9)5(3)6(13)7(10,11)12/h1-2,6H,13H2/t6-/m0/s1. The first-order valence-electron chi connectivity index (χ1n) is 3.45. The van der Waals surface area contributed by atoms with Crippen molar-refractivity contribution >= 4 is 23.2 Å². The number of hydrogen-bond donors (Lipinski definition) is 1. The van der Waals surface area contributed by atoms with Crippen LogP contribution in [0, 0.1) is 0 Å². The summed E-state index contributed by atoms with van der Waals surface area (Å²) in [5.74, 6) is 0. The second kappa shape index (κ2) is 3.92. The molecule has 14 heavy (non-hydrogen) atoms. The number of alkyl halides is 3. The molecule has 0 bridgehead atoms. The Morgan fingerprint density at radius 1 is 1.21 bits per heavy atom. The summed E-state index contributed by atoms with van der Waals surface area (Å²) in [5, 5.41) is -0.385. The molecule has 0 fully saturated rings. The maximum absolute atomic E-state index is 12.2. The molecule has 1 atom stereocenters. The van der Waals surface area contributed by atoms with Crippen molar-refractivity contribution in [3.63, 3.8) is 0 Å². The molecule has 0 spiro atoms. The molecule has 0 aliphatic heterocycles. The van der Waals surface area contributed by atoms with Crippen molar-refractivity contribution in [3.05, 3.63) is 28.0 Å². The third kappa shape index (κ3) is 2.29. The molecule has 1 rings (SSSR count). The number of nitrogens with two attached hydrogens (primary N) is 1. The molecule has 7 heteroatoms. The van der Waals surface area contributed by atoms with Gasteiger partial charge < -0.3 is 5.73 Å². The predicted octanol–water partition coefficient (Wildman–Crippen LogP) is 2.95. The Kier molecular flexibility index (Phi) is 3.24. The van der Waals surface area contributed by atoms with Crippen molar-refractivity contribution in [2.75, 3.05) is 0 Å². The zero-order valence-electron chi connectivity index (χ0n) is 6.65. The normalized spacial score (nSPS) is 14.1. The Hall–Kier alpha value is -0.520. The topological polar surface area (TPSA) is 38.9 Å². The van der Waals surface area contributed by atoms with E-state index in [0.29, 0.717) is 0 Å². The van der Waals surface area contributed by atoms with Gasteiger partial charge in [0.1, 0.15) is 6.04 Å². The fourth-order valence-corrected chi connectivity index (χ4v) is 1.48. The molecule has 0 amide bonds. The fourth-order valence-electron chi connectivity index (χ4n) is 0.882. The lowest BCUT2D eigenvalue weighted by molar-refractivity contribution is -0.149. The molecule has 0 saturated heterocycles. The second-order valence-electron chi connectivity index (χ2n) is 2.54. The van der Waals surface area contributed by atoms with E-state index in [-0.39, 0.29) is 15.6 Å². The number of nitrogens with zero attached hydrogens (tertiary/aromatic N) is 1. The summed E-state index contributed by atoms with van der Waals surface area (Å²) in [5.41, 5.74) is 4.60. The van der Waals surface area contributed by atoms with Crippen molar-refractivity contribution in [2.45, 2.75) is 12.2 Å². The Morgan fingerprint density at radius 2 is 1.64 bits per heavy atom. The predicted molar refractivity (Wildman–Crippen MR) is 47.2 cm³/mol. The highest BCUT2D eigenvalue weighted by Crippen LogP contribution is 2.37. The number of hydrogen-bond acceptors (Lipinski definition) is 2. The van der Waals surface area contributed by atoms with Crippen LogP contribution < -0.4 is 5.73 Å². The van der Waals surface area contributed by atoms with Crippen LogP contribution in [0.25, 0.3) is 0 Å². The van der Waals surface area contributed by atoms with Gasteiger partial charge in [-0.15, -0.1) is 0 Å². The van der Waals surface area contributed by atoms with Gasteiger partial charge in [-0.1, -0.05) is 23.2 Å². The van der Waals surface area contributed by atoms with Crippen LogP contribution in [0.5, 0.6) is 0 Å². The first-order valence-corrected chi connectivity index (χ1v) is 4.21. The van der Waals surface area contributed by atoms with Crippen molar-refractivity contribution < 1.29 is 13.2 Å². The quantitative estimate of drug-likeness (QED) is 0.825. The zero-order chi connectivity index (χ0) is 10.9. The van der Waals surface area contributed by atoms with Gasteiger partial charge in [-0.3, -0.25) is 4.98 Å². The molecular weight excluding hydrogens is 240 g/mol. The van der Waals surface area contributed by atoms with Crippen LogP contribution in [0.3, 0.4) is 0 Å². The second-order valence-corrected chi connectivity index (χ2v) is 3.35. The lowest BCUT2D eigenvalue weighted by Crippen LogP contribution is -2.29. The molecule has 2 nitrogen and oxygen atoms in total. The third-order valence-corrected chi connectivity index (χ3v) is 2.16. The van der Waals surface area contributed by atoms with Crippen LogP contribution in [-0.4, -0.2) is 11.2 Å². The summed E-state index contributed by atoms with van der Waals surface area (Å²) < 4.78 is 36.7. The maximum atomic E-state index is 12.2. The van der Waals surface area contributed by atoms with Crippen LogP contribution in [0.4, 0.5) is 13.2 Å². The largest absolute Gasteiger partial charge is 0.407 e. The SMILES string of the molecule is N[C@@H](c1c(Cl)cncc1Cl)C(F)(F)F. The van der Waals surface area contributed by atoms with Crippen molar-refractivity contribution in [1.82, 2.24) is 4.98 Å². The van der Waals surface area contributed by atoms with E-state index in [9.17, 15) is 13.2 Å². The van der Waals surface area contributed by atoms with Gasteiger partial charge in [0.25, 0.3) is 0 Å². The summed E-state index contributed by atoms with van der Waals surface area (Å²) >= 11 is 11.0. The minimum absolute atomic E-state index is 0.192. The third-order valence-electron chi connectivity index (χ3n) is 1.55. The van der Waals surface area contributed by atoms with Gasteiger partial charge in [0.05, 0.1) is 10.0 Å². The molecule has 0 saturated carbocycles. The van der Waals surface area contributed by atoms with E-state index in [4.69, 9.17) is 28.9 Å². The highest BCUT2D eigenvalue weighted by molar-refractivity contribution is 6.35. The molecule has 0 unspecified atom stereocenters. The molecule has 0 radical (unpaired) electrons. The van der Waals surface area contributed by atoms with E-state index < -0.39 is 12.2 Å². The van der Waals surface area contributed by atoms with Gasteiger partial charge in [-0.25, -0.2) is 0 Å². The van der Waals surface area contributed by atoms with Gasteiger partial charge in [-0.2, -0.15) is 13.2 Å². The van der Waals surface area contributed by atoms with Crippen LogP contribution >= 0.6 is 23.2 Å². The Morgan fingerprint density at radius 3 is 2.00 bits per heavy atom. The molecule has 0 aliphatic rings. The summed E-state index contributed by atoms with van der Waals surface area (Å²) in [6, 6.07) is -2.19. The molecule has 78 valence electrons. The first kappa shape index (κ1) is 11.6. The monoisotopic (exact) mass is 244 g/mol. The van der Waals surface area contributed by atoms with Gasteiger partial charge in [0, 0.05) is 18.0 Å². The van der Waals surface area contributed by atoms with E-state index in [2.05, 4.69) is 4.98 Å². The van der Waals surface area contributed by atoms with Gasteiger partial charge in [-0.05, 0) is 0 Å². The number of halogens is 5. The lowest BCUT2D eigenvalue weighted by atomic mass is 10.1. The van der Waals surface area contributed by atoms with Crippen molar-refractivity contribution in [2.24, 2.45) is 5.73 Å². The van der Waals surface area contributed by atoms with E-state index in [1.165, 1.54) is 0 Å². The van der Waals surface area contributed by atoms with E-state index in [1.807, 2.05) is 0 Å². The molecule has 0 aliphatic carbocycles. The molecule has 1 heterocycles. The van der Waals surface area contributed by atoms with E-state index in [0.717, 1.165) is 12.4 Å². The summed E-state index contributed by atoms with van der Waals surface area (Å²) in [6.45, 7) is 0. The van der Waals surface area contributed by atoms with E-state index >= 15 is 0 Å². The lowest BCUT2D eigenvalue weighted by Gasteiger charge is -2.17. The van der Waals surface area contributed by atoms with Gasteiger partial charge in [0.15, 0.2) is 0 Å². The van der Waals surface area contributed by atoms with Crippen molar-refractivity contribution in [3.8, 4) is 0 Å². The molecule has 2 N–H and O–H groups in total. The highest BCUT2D eigenvalue weighted by atomic mass is 35.5. The number of pyridine rings is 1. The van der Waals surface area contributed by atoms with E-state index in [1.54, 1.807) is 0 Å². The zero-order valence-corrected chi connectivity index (χ0v) is 8.16. The van der Waals surface area contributed by atoms with Crippen LogP contribution in [0.1, 0.15) is 11.6 Å². The summed E-state index contributed by atoms with van der Waals surface area (Å²) in [6.07, 6.45) is -2.45. The van der Waals surface area contributed by atoms with Crippen LogP contribution in [0.2, 0.25) is 10.0 Å². The Bertz CT molecular complexity index is 320. The average Bonchev–Trinajstić information content (AvgIpc) is 2.01. The maximum Gasteiger partial charge on any atom is 0.407 e. The summed E-state index contributed by atoms with van der Waals surface area (Å²) in [7, 11) is 0.